The van der Waals surface area contributed by atoms with Crippen molar-refractivity contribution in [3.63, 3.8) is 0 Å². The Morgan fingerprint density at radius 1 is 1.36 bits per heavy atom. The van der Waals surface area contributed by atoms with Gasteiger partial charge in [-0.1, -0.05) is 0 Å². The molecule has 0 amide bonds. The van der Waals surface area contributed by atoms with Crippen molar-refractivity contribution < 1.29 is 4.74 Å². The Morgan fingerprint density at radius 3 is 2.79 bits per heavy atom. The van der Waals surface area contributed by atoms with E-state index in [1.165, 1.54) is 0 Å². The molecule has 0 radical (unpaired) electrons. The zero-order valence-electron chi connectivity index (χ0n) is 8.74. The van der Waals surface area contributed by atoms with E-state index in [-0.39, 0.29) is 0 Å². The van der Waals surface area contributed by atoms with Crippen molar-refractivity contribution in [1.29, 1.82) is 0 Å². The average molecular weight is 199 g/mol. The Balaban J connectivity index is 1.68. The third-order valence-electron chi connectivity index (χ3n) is 3.10. The van der Waals surface area contributed by atoms with Crippen molar-refractivity contribution in [2.45, 2.75) is 25.0 Å². The van der Waals surface area contributed by atoms with Crippen molar-refractivity contribution in [1.82, 2.24) is 10.2 Å². The van der Waals surface area contributed by atoms with Crippen LogP contribution in [0, 0.1) is 0 Å². The molecule has 0 spiro atoms. The standard InChI is InChI=1S/C10H21N3O/c11-9-1-4-13(5-2-9)8-10-7-12-3-6-14-10/h9-10,12H,1-8,11H2/t10-/m0/s1. The minimum absolute atomic E-state index is 0.387. The maximum atomic E-state index is 5.86. The molecule has 0 aliphatic carbocycles. The van der Waals surface area contributed by atoms with Gasteiger partial charge in [-0.3, -0.25) is 0 Å². The summed E-state index contributed by atoms with van der Waals surface area (Å²) in [5, 5.41) is 3.36. The predicted molar refractivity (Wildman–Crippen MR) is 56.3 cm³/mol. The van der Waals surface area contributed by atoms with Crippen LogP contribution in [0.5, 0.6) is 0 Å². The lowest BCUT2D eigenvalue weighted by molar-refractivity contribution is 0.00144. The van der Waals surface area contributed by atoms with Gasteiger partial charge in [0.1, 0.15) is 0 Å². The molecule has 2 aliphatic rings. The van der Waals surface area contributed by atoms with Crippen molar-refractivity contribution >= 4 is 0 Å². The molecule has 0 aromatic carbocycles. The second kappa shape index (κ2) is 5.07. The lowest BCUT2D eigenvalue weighted by Gasteiger charge is -2.34. The second-order valence-corrected chi connectivity index (χ2v) is 4.33. The Labute approximate surface area is 85.8 Å². The van der Waals surface area contributed by atoms with Crippen LogP contribution in [0.3, 0.4) is 0 Å². The van der Waals surface area contributed by atoms with Gasteiger partial charge in [-0.2, -0.15) is 0 Å². The van der Waals surface area contributed by atoms with E-state index >= 15 is 0 Å². The summed E-state index contributed by atoms with van der Waals surface area (Å²) in [6.45, 7) is 6.21. The Kier molecular flexibility index (Phi) is 3.75. The Hall–Kier alpha value is -0.160. The highest BCUT2D eigenvalue weighted by molar-refractivity contribution is 4.78. The number of ether oxygens (including phenoxy) is 1. The van der Waals surface area contributed by atoms with Crippen LogP contribution in [0.15, 0.2) is 0 Å². The number of piperidine rings is 1. The summed E-state index contributed by atoms with van der Waals surface area (Å²) in [5.74, 6) is 0. The second-order valence-electron chi connectivity index (χ2n) is 4.33. The fourth-order valence-electron chi connectivity index (χ4n) is 2.16. The van der Waals surface area contributed by atoms with Gasteiger partial charge in [0, 0.05) is 25.7 Å². The van der Waals surface area contributed by atoms with Crippen molar-refractivity contribution in [3.05, 3.63) is 0 Å². The van der Waals surface area contributed by atoms with Crippen molar-refractivity contribution in [3.8, 4) is 0 Å². The minimum atomic E-state index is 0.387. The molecule has 2 heterocycles. The topological polar surface area (TPSA) is 50.5 Å². The fourth-order valence-corrected chi connectivity index (χ4v) is 2.16. The molecule has 14 heavy (non-hydrogen) atoms. The highest BCUT2D eigenvalue weighted by Crippen LogP contribution is 2.09. The summed E-state index contributed by atoms with van der Waals surface area (Å²) in [4.78, 5) is 2.47. The summed E-state index contributed by atoms with van der Waals surface area (Å²) in [7, 11) is 0. The van der Waals surface area contributed by atoms with Crippen LogP contribution in [-0.4, -0.2) is 56.4 Å². The molecule has 0 saturated carbocycles. The van der Waals surface area contributed by atoms with Crippen molar-refractivity contribution in [2.75, 3.05) is 39.3 Å². The van der Waals surface area contributed by atoms with Gasteiger partial charge in [0.2, 0.25) is 0 Å². The van der Waals surface area contributed by atoms with Crippen molar-refractivity contribution in [2.24, 2.45) is 5.73 Å². The summed E-state index contributed by atoms with van der Waals surface area (Å²) in [5.41, 5.74) is 5.86. The minimum Gasteiger partial charge on any atom is -0.374 e. The van der Waals surface area contributed by atoms with Crippen LogP contribution in [-0.2, 0) is 4.74 Å². The zero-order chi connectivity index (χ0) is 9.80. The normalized spacial score (nSPS) is 31.9. The fraction of sp³-hybridized carbons (Fsp3) is 1.00. The van der Waals surface area contributed by atoms with Gasteiger partial charge in [-0.05, 0) is 25.9 Å². The van der Waals surface area contributed by atoms with Gasteiger partial charge < -0.3 is 20.7 Å². The number of rotatable bonds is 2. The molecule has 2 fully saturated rings. The highest BCUT2D eigenvalue weighted by Gasteiger charge is 2.21. The van der Waals surface area contributed by atoms with Gasteiger partial charge in [-0.15, -0.1) is 0 Å². The number of hydrogen-bond acceptors (Lipinski definition) is 4. The van der Waals surface area contributed by atoms with Gasteiger partial charge in [0.15, 0.2) is 0 Å². The SMILES string of the molecule is NC1CCN(C[C@@H]2CNCCO2)CC1. The first-order valence-corrected chi connectivity index (χ1v) is 5.65. The Morgan fingerprint density at radius 2 is 2.14 bits per heavy atom. The van der Waals surface area contributed by atoms with Crippen LogP contribution in [0.25, 0.3) is 0 Å². The molecular formula is C10H21N3O. The summed E-state index contributed by atoms with van der Waals surface area (Å²) < 4.78 is 5.67. The van der Waals surface area contributed by atoms with E-state index in [1.807, 2.05) is 0 Å². The number of nitrogens with two attached hydrogens (primary N) is 1. The molecule has 82 valence electrons. The summed E-state index contributed by atoms with van der Waals surface area (Å²) in [6.07, 6.45) is 2.67. The number of hydrogen-bond donors (Lipinski definition) is 2. The monoisotopic (exact) mass is 199 g/mol. The van der Waals surface area contributed by atoms with Crippen LogP contribution in [0.4, 0.5) is 0 Å². The summed E-state index contributed by atoms with van der Waals surface area (Å²) in [6, 6.07) is 0.427. The number of nitrogens with zero attached hydrogens (tertiary/aromatic N) is 1. The van der Waals surface area contributed by atoms with E-state index in [0.29, 0.717) is 12.1 Å². The number of nitrogens with one attached hydrogen (secondary N) is 1. The first-order valence-electron chi connectivity index (χ1n) is 5.65. The van der Waals surface area contributed by atoms with Gasteiger partial charge >= 0.3 is 0 Å². The molecule has 1 atom stereocenters. The van der Waals surface area contributed by atoms with Crippen LogP contribution in [0.1, 0.15) is 12.8 Å². The largest absolute Gasteiger partial charge is 0.374 e. The third kappa shape index (κ3) is 2.92. The first kappa shape index (κ1) is 10.4. The lowest BCUT2D eigenvalue weighted by Crippen LogP contribution is -2.48. The average Bonchev–Trinajstić information content (AvgIpc) is 2.23. The number of likely N-dealkylation sites (tertiary alicyclic amines) is 1. The molecule has 0 unspecified atom stereocenters. The van der Waals surface area contributed by atoms with Gasteiger partial charge in [-0.25, -0.2) is 0 Å². The van der Waals surface area contributed by atoms with E-state index in [1.54, 1.807) is 0 Å². The smallest absolute Gasteiger partial charge is 0.0826 e. The van der Waals surface area contributed by atoms with E-state index in [0.717, 1.165) is 52.2 Å². The maximum absolute atomic E-state index is 5.86. The maximum Gasteiger partial charge on any atom is 0.0826 e. The lowest BCUT2D eigenvalue weighted by atomic mass is 10.1. The van der Waals surface area contributed by atoms with Gasteiger partial charge in [0.25, 0.3) is 0 Å². The van der Waals surface area contributed by atoms with Crippen LogP contribution < -0.4 is 11.1 Å². The van der Waals surface area contributed by atoms with E-state index in [9.17, 15) is 0 Å². The molecule has 2 saturated heterocycles. The predicted octanol–water partition coefficient (Wildman–Crippen LogP) is -0.602. The molecule has 3 N–H and O–H groups in total. The molecule has 0 aromatic heterocycles. The molecule has 4 heteroatoms. The van der Waals surface area contributed by atoms with Crippen LogP contribution in [0.2, 0.25) is 0 Å². The van der Waals surface area contributed by atoms with E-state index in [2.05, 4.69) is 10.2 Å². The quantitative estimate of drug-likeness (QED) is 0.623. The zero-order valence-corrected chi connectivity index (χ0v) is 8.74. The summed E-state index contributed by atoms with van der Waals surface area (Å²) >= 11 is 0. The molecule has 2 rings (SSSR count). The molecule has 0 bridgehead atoms. The number of morpholine rings is 1. The van der Waals surface area contributed by atoms with E-state index < -0.39 is 0 Å². The van der Waals surface area contributed by atoms with Crippen LogP contribution >= 0.6 is 0 Å². The molecule has 2 aliphatic heterocycles. The molecule has 4 nitrogen and oxygen atoms in total. The van der Waals surface area contributed by atoms with Gasteiger partial charge in [0.05, 0.1) is 12.7 Å². The first-order chi connectivity index (χ1) is 6.84. The van der Waals surface area contributed by atoms with E-state index in [4.69, 9.17) is 10.5 Å². The highest BCUT2D eigenvalue weighted by atomic mass is 16.5. The molecule has 0 aromatic rings. The third-order valence-corrected chi connectivity index (χ3v) is 3.10. The Bertz CT molecular complexity index is 163. The molecular weight excluding hydrogens is 178 g/mol.